The molecule has 0 saturated carbocycles. The predicted octanol–water partition coefficient (Wildman–Crippen LogP) is -2.13. The van der Waals surface area contributed by atoms with E-state index in [1.807, 2.05) is 0 Å². The van der Waals surface area contributed by atoms with Gasteiger partial charge in [-0.25, -0.2) is 14.2 Å². The standard InChI is InChI=1S/C4H4O4.Ca.H3O4P.2H/c5-3(6)1-2-4(7)8;;1-5(2,3)4;;/h1-2H,(H,5,6)(H,7,8);;(H3,1,2,3,4);;. The molecule has 0 unspecified atom stereocenters. The van der Waals surface area contributed by atoms with E-state index in [2.05, 4.69) is 0 Å². The molecule has 0 bridgehead atoms. The van der Waals surface area contributed by atoms with Crippen molar-refractivity contribution in [3.63, 3.8) is 0 Å². The molecular formula is C4H9CaO8P. The summed E-state index contributed by atoms with van der Waals surface area (Å²) >= 11 is 0. The van der Waals surface area contributed by atoms with Gasteiger partial charge in [-0.3, -0.25) is 0 Å². The second kappa shape index (κ2) is 9.60. The van der Waals surface area contributed by atoms with Gasteiger partial charge < -0.3 is 24.9 Å². The van der Waals surface area contributed by atoms with E-state index in [-0.39, 0.29) is 37.7 Å². The predicted molar refractivity (Wildman–Crippen MR) is 47.2 cm³/mol. The van der Waals surface area contributed by atoms with E-state index in [1.165, 1.54) is 0 Å². The van der Waals surface area contributed by atoms with E-state index in [1.54, 1.807) is 0 Å². The van der Waals surface area contributed by atoms with Crippen molar-refractivity contribution in [1.82, 2.24) is 0 Å². The van der Waals surface area contributed by atoms with E-state index < -0.39 is 19.8 Å². The summed E-state index contributed by atoms with van der Waals surface area (Å²) < 4.78 is 8.88. The van der Waals surface area contributed by atoms with Crippen LogP contribution < -0.4 is 0 Å². The van der Waals surface area contributed by atoms with Crippen LogP contribution in [0.1, 0.15) is 0 Å². The first-order valence-electron chi connectivity index (χ1n) is 2.55. The Hall–Kier alpha value is 0.0497. The van der Waals surface area contributed by atoms with Crippen LogP contribution in [-0.4, -0.2) is 74.6 Å². The van der Waals surface area contributed by atoms with Gasteiger partial charge in [-0.2, -0.15) is 0 Å². The molecule has 0 atom stereocenters. The Kier molecular flexibility index (Phi) is 13.4. The molecule has 80 valence electrons. The van der Waals surface area contributed by atoms with Crippen molar-refractivity contribution in [3.05, 3.63) is 12.2 Å². The third-order valence-corrected chi connectivity index (χ3v) is 0.368. The molecule has 14 heavy (non-hydrogen) atoms. The molecule has 0 aromatic rings. The molecule has 0 aliphatic carbocycles. The molecule has 5 N–H and O–H groups in total. The summed E-state index contributed by atoms with van der Waals surface area (Å²) in [4.78, 5) is 40.7. The molecule has 0 aromatic carbocycles. The quantitative estimate of drug-likeness (QED) is 0.213. The van der Waals surface area contributed by atoms with E-state index in [4.69, 9.17) is 29.5 Å². The van der Waals surface area contributed by atoms with Crippen LogP contribution in [0.4, 0.5) is 0 Å². The SMILES string of the molecule is O=C(O)C=CC(=O)O.O=P(O)(O)O.[CaH2]. The first-order chi connectivity index (χ1) is 5.63. The van der Waals surface area contributed by atoms with Crippen LogP contribution in [0.15, 0.2) is 12.2 Å². The summed E-state index contributed by atoms with van der Waals surface area (Å²) in [7, 11) is -4.64. The second-order valence-corrected chi connectivity index (χ2v) is 2.55. The molecule has 0 saturated heterocycles. The molecule has 10 heteroatoms. The second-order valence-electron chi connectivity index (χ2n) is 1.52. The first-order valence-corrected chi connectivity index (χ1v) is 4.11. The number of hydrogen-bond acceptors (Lipinski definition) is 3. The fourth-order valence-corrected chi connectivity index (χ4v) is 0.143. The number of carboxylic acid groups (broad SMARTS) is 2. The van der Waals surface area contributed by atoms with Crippen molar-refractivity contribution >= 4 is 57.5 Å². The van der Waals surface area contributed by atoms with Crippen LogP contribution in [0.3, 0.4) is 0 Å². The minimum atomic E-state index is -4.64. The van der Waals surface area contributed by atoms with Gasteiger partial charge in [0, 0.05) is 12.2 Å². The average Bonchev–Trinajstić information content (AvgIpc) is 1.79. The normalized spacial score (nSPS) is 9.64. The summed E-state index contributed by atoms with van der Waals surface area (Å²) in [5.74, 6) is -2.51. The van der Waals surface area contributed by atoms with Gasteiger partial charge >= 0.3 is 57.5 Å². The van der Waals surface area contributed by atoms with Crippen LogP contribution >= 0.6 is 7.82 Å². The molecule has 0 spiro atoms. The van der Waals surface area contributed by atoms with E-state index in [9.17, 15) is 9.59 Å². The van der Waals surface area contributed by atoms with Crippen molar-refractivity contribution in [2.75, 3.05) is 0 Å². The third kappa shape index (κ3) is 57.7. The Labute approximate surface area is 108 Å². The van der Waals surface area contributed by atoms with Crippen LogP contribution in [0.2, 0.25) is 0 Å². The fourth-order valence-electron chi connectivity index (χ4n) is 0.143. The van der Waals surface area contributed by atoms with Crippen LogP contribution in [-0.2, 0) is 14.2 Å². The molecule has 0 heterocycles. The summed E-state index contributed by atoms with van der Waals surface area (Å²) in [6, 6.07) is 0. The fraction of sp³-hybridized carbons (Fsp3) is 0. The molecule has 0 aliphatic rings. The van der Waals surface area contributed by atoms with Crippen molar-refractivity contribution in [1.29, 1.82) is 0 Å². The molecule has 0 radical (unpaired) electrons. The maximum atomic E-state index is 9.55. The zero-order valence-corrected chi connectivity index (χ0v) is 6.96. The monoisotopic (exact) mass is 256 g/mol. The van der Waals surface area contributed by atoms with Gasteiger partial charge in [0.2, 0.25) is 0 Å². The number of rotatable bonds is 2. The molecule has 0 aliphatic heterocycles. The summed E-state index contributed by atoms with van der Waals surface area (Å²) in [6.07, 6.45) is 1.12. The molecule has 8 nitrogen and oxygen atoms in total. The van der Waals surface area contributed by atoms with Gasteiger partial charge in [0.15, 0.2) is 0 Å². The molecule has 0 aromatic heterocycles. The zero-order valence-electron chi connectivity index (χ0n) is 6.06. The summed E-state index contributed by atoms with van der Waals surface area (Å²) in [5, 5.41) is 15.6. The van der Waals surface area contributed by atoms with Crippen LogP contribution in [0, 0.1) is 0 Å². The maximum absolute atomic E-state index is 9.55. The van der Waals surface area contributed by atoms with E-state index in [0.717, 1.165) is 0 Å². The molecular weight excluding hydrogens is 247 g/mol. The average molecular weight is 256 g/mol. The molecule has 0 rings (SSSR count). The number of aliphatic carboxylic acids is 2. The van der Waals surface area contributed by atoms with E-state index >= 15 is 0 Å². The van der Waals surface area contributed by atoms with Crippen molar-refractivity contribution in [2.45, 2.75) is 0 Å². The van der Waals surface area contributed by atoms with Crippen molar-refractivity contribution in [3.8, 4) is 0 Å². The van der Waals surface area contributed by atoms with Gasteiger partial charge in [0.25, 0.3) is 0 Å². The first kappa shape index (κ1) is 19.6. The van der Waals surface area contributed by atoms with Crippen molar-refractivity contribution < 1.29 is 39.0 Å². The van der Waals surface area contributed by atoms with E-state index in [0.29, 0.717) is 12.2 Å². The Morgan fingerprint density at radius 3 is 1.14 bits per heavy atom. The molecule has 0 fully saturated rings. The van der Waals surface area contributed by atoms with Gasteiger partial charge in [-0.05, 0) is 0 Å². The van der Waals surface area contributed by atoms with Gasteiger partial charge in [0.1, 0.15) is 0 Å². The number of carbonyl (C=O) groups is 2. The van der Waals surface area contributed by atoms with Gasteiger partial charge in [-0.1, -0.05) is 0 Å². The van der Waals surface area contributed by atoms with Crippen LogP contribution in [0.5, 0.6) is 0 Å². The Bertz CT molecular complexity index is 230. The topological polar surface area (TPSA) is 152 Å². The number of hydrogen-bond donors (Lipinski definition) is 5. The Balaban J connectivity index is -0.000000177. The Morgan fingerprint density at radius 2 is 1.07 bits per heavy atom. The molecule has 0 amide bonds. The summed E-state index contributed by atoms with van der Waals surface area (Å²) in [6.45, 7) is 0. The third-order valence-electron chi connectivity index (χ3n) is 0.368. The van der Waals surface area contributed by atoms with Gasteiger partial charge in [-0.15, -0.1) is 0 Å². The van der Waals surface area contributed by atoms with Crippen LogP contribution in [0.25, 0.3) is 0 Å². The minimum absolute atomic E-state index is 0. The van der Waals surface area contributed by atoms with Crippen molar-refractivity contribution in [2.24, 2.45) is 0 Å². The number of carboxylic acids is 2. The summed E-state index contributed by atoms with van der Waals surface area (Å²) in [5.41, 5.74) is 0. The number of phosphoric acid groups is 1. The zero-order chi connectivity index (χ0) is 11.1. The van der Waals surface area contributed by atoms with Gasteiger partial charge in [0.05, 0.1) is 0 Å². The Morgan fingerprint density at radius 1 is 0.929 bits per heavy atom.